The lowest BCUT2D eigenvalue weighted by atomic mass is 10.1. The van der Waals surface area contributed by atoms with Crippen molar-refractivity contribution in [1.29, 1.82) is 0 Å². The quantitative estimate of drug-likeness (QED) is 0.755. The van der Waals surface area contributed by atoms with E-state index in [-0.39, 0.29) is 5.78 Å². The highest BCUT2D eigenvalue weighted by Gasteiger charge is 2.14. The molecule has 0 atom stereocenters. The Kier molecular flexibility index (Phi) is 3.32. The van der Waals surface area contributed by atoms with Crippen molar-refractivity contribution in [3.8, 4) is 0 Å². The first-order chi connectivity index (χ1) is 8.22. The minimum absolute atomic E-state index is 0.0473. The maximum Gasteiger partial charge on any atom is 0.228 e. The van der Waals surface area contributed by atoms with Gasteiger partial charge in [0, 0.05) is 36.4 Å². The number of carbonyl (C=O) groups is 1. The third-order valence-corrected chi connectivity index (χ3v) is 2.54. The number of aryl methyl sites for hydroxylation is 2. The third-order valence-electron chi connectivity index (χ3n) is 2.54. The van der Waals surface area contributed by atoms with Crippen molar-refractivity contribution in [2.45, 2.75) is 26.8 Å². The van der Waals surface area contributed by atoms with E-state index in [4.69, 9.17) is 0 Å². The van der Waals surface area contributed by atoms with Crippen LogP contribution < -0.4 is 0 Å². The molecule has 0 unspecified atom stereocenters. The van der Waals surface area contributed by atoms with Crippen molar-refractivity contribution in [2.24, 2.45) is 0 Å². The highest BCUT2D eigenvalue weighted by molar-refractivity contribution is 6.06. The van der Waals surface area contributed by atoms with Gasteiger partial charge in [-0.3, -0.25) is 9.78 Å². The van der Waals surface area contributed by atoms with Gasteiger partial charge in [-0.15, -0.1) is 0 Å². The van der Waals surface area contributed by atoms with Gasteiger partial charge < -0.3 is 4.57 Å². The molecule has 0 aliphatic carbocycles. The second kappa shape index (κ2) is 4.91. The van der Waals surface area contributed by atoms with Crippen LogP contribution in [0.2, 0.25) is 0 Å². The topological polar surface area (TPSA) is 47.8 Å². The maximum absolute atomic E-state index is 12.2. The monoisotopic (exact) mass is 229 g/mol. The Bertz CT molecular complexity index is 531. The minimum Gasteiger partial charge on any atom is -0.328 e. The second-order valence-electron chi connectivity index (χ2n) is 3.96. The summed E-state index contributed by atoms with van der Waals surface area (Å²) in [6, 6.07) is 3.51. The number of carbonyl (C=O) groups excluding carboxylic acids is 1. The smallest absolute Gasteiger partial charge is 0.228 e. The van der Waals surface area contributed by atoms with Gasteiger partial charge in [0.2, 0.25) is 5.78 Å². The fourth-order valence-corrected chi connectivity index (χ4v) is 1.76. The summed E-state index contributed by atoms with van der Waals surface area (Å²) in [5.41, 5.74) is 1.48. The molecule has 0 bridgehead atoms. The molecule has 0 N–H and O–H groups in total. The number of pyridine rings is 1. The van der Waals surface area contributed by atoms with Gasteiger partial charge >= 0.3 is 0 Å². The Morgan fingerprint density at radius 3 is 2.88 bits per heavy atom. The largest absolute Gasteiger partial charge is 0.328 e. The summed E-state index contributed by atoms with van der Waals surface area (Å²) < 4.78 is 1.89. The molecule has 88 valence electrons. The number of hydrogen-bond acceptors (Lipinski definition) is 3. The number of rotatable bonds is 4. The fraction of sp³-hybridized carbons (Fsp3) is 0.308. The van der Waals surface area contributed by atoms with Crippen LogP contribution in [0, 0.1) is 6.92 Å². The molecule has 0 fully saturated rings. The molecule has 2 rings (SSSR count). The molecule has 0 amide bonds. The highest BCUT2D eigenvalue weighted by atomic mass is 16.1. The number of nitrogens with zero attached hydrogens (tertiary/aromatic N) is 3. The molecule has 4 heteroatoms. The molecule has 0 radical (unpaired) electrons. The van der Waals surface area contributed by atoms with Gasteiger partial charge in [0.25, 0.3) is 0 Å². The van der Waals surface area contributed by atoms with Crippen LogP contribution in [-0.4, -0.2) is 20.3 Å². The Balaban J connectivity index is 2.33. The van der Waals surface area contributed by atoms with Crippen molar-refractivity contribution < 1.29 is 4.79 Å². The second-order valence-corrected chi connectivity index (χ2v) is 3.96. The summed E-state index contributed by atoms with van der Waals surface area (Å²) in [4.78, 5) is 20.5. The average Bonchev–Trinajstić information content (AvgIpc) is 2.77. The zero-order valence-corrected chi connectivity index (χ0v) is 10.1. The number of imidazole rings is 1. The van der Waals surface area contributed by atoms with Gasteiger partial charge in [0.05, 0.1) is 0 Å². The Labute approximate surface area is 100 Å². The highest BCUT2D eigenvalue weighted by Crippen LogP contribution is 2.09. The fourth-order valence-electron chi connectivity index (χ4n) is 1.76. The van der Waals surface area contributed by atoms with Crippen molar-refractivity contribution in [3.05, 3.63) is 47.8 Å². The van der Waals surface area contributed by atoms with Crippen molar-refractivity contribution >= 4 is 5.78 Å². The van der Waals surface area contributed by atoms with E-state index in [9.17, 15) is 4.79 Å². The van der Waals surface area contributed by atoms with Crippen LogP contribution in [-0.2, 0) is 6.54 Å². The molecule has 0 spiro atoms. The zero-order chi connectivity index (χ0) is 12.3. The first-order valence-corrected chi connectivity index (χ1v) is 5.71. The van der Waals surface area contributed by atoms with Gasteiger partial charge in [-0.1, -0.05) is 6.92 Å². The molecule has 17 heavy (non-hydrogen) atoms. The zero-order valence-electron chi connectivity index (χ0n) is 10.1. The molecular formula is C13H15N3O. The predicted octanol–water partition coefficient (Wildman–Crippen LogP) is 2.23. The van der Waals surface area contributed by atoms with E-state index in [2.05, 4.69) is 16.9 Å². The molecule has 0 saturated carbocycles. The van der Waals surface area contributed by atoms with E-state index in [1.165, 1.54) is 0 Å². The van der Waals surface area contributed by atoms with E-state index in [1.54, 1.807) is 24.5 Å². The van der Waals surface area contributed by atoms with Gasteiger partial charge in [-0.25, -0.2) is 4.98 Å². The van der Waals surface area contributed by atoms with Crippen molar-refractivity contribution in [3.63, 3.8) is 0 Å². The molecule has 0 aromatic carbocycles. The lowest BCUT2D eigenvalue weighted by molar-refractivity contribution is 0.102. The van der Waals surface area contributed by atoms with Crippen LogP contribution in [0.15, 0.2) is 30.7 Å². The Morgan fingerprint density at radius 1 is 1.35 bits per heavy atom. The molecule has 0 aliphatic heterocycles. The normalized spacial score (nSPS) is 10.5. The third kappa shape index (κ3) is 2.41. The first-order valence-electron chi connectivity index (χ1n) is 5.71. The van der Waals surface area contributed by atoms with Crippen LogP contribution in [0.4, 0.5) is 0 Å². The molecule has 2 heterocycles. The average molecular weight is 229 g/mol. The lowest BCUT2D eigenvalue weighted by Gasteiger charge is -2.05. The lowest BCUT2D eigenvalue weighted by Crippen LogP contribution is -2.11. The van der Waals surface area contributed by atoms with Crippen LogP contribution >= 0.6 is 0 Å². The summed E-state index contributed by atoms with van der Waals surface area (Å²) in [5, 5.41) is 0. The summed E-state index contributed by atoms with van der Waals surface area (Å²) in [7, 11) is 0. The standard InChI is InChI=1S/C13H15N3O/c1-3-7-16-8-6-15-13(16)12(17)11-4-5-14-10(2)9-11/h4-6,8-9H,3,7H2,1-2H3. The number of hydrogen-bond donors (Lipinski definition) is 0. The van der Waals surface area contributed by atoms with E-state index in [1.807, 2.05) is 17.7 Å². The molecule has 2 aromatic heterocycles. The van der Waals surface area contributed by atoms with Crippen LogP contribution in [0.25, 0.3) is 0 Å². The molecular weight excluding hydrogens is 214 g/mol. The van der Waals surface area contributed by atoms with E-state index >= 15 is 0 Å². The Morgan fingerprint density at radius 2 is 2.18 bits per heavy atom. The van der Waals surface area contributed by atoms with Crippen molar-refractivity contribution in [1.82, 2.24) is 14.5 Å². The van der Waals surface area contributed by atoms with Gasteiger partial charge in [0.1, 0.15) is 0 Å². The van der Waals surface area contributed by atoms with Crippen molar-refractivity contribution in [2.75, 3.05) is 0 Å². The summed E-state index contributed by atoms with van der Waals surface area (Å²) in [6.45, 7) is 4.76. The molecule has 0 aliphatic rings. The molecule has 4 nitrogen and oxygen atoms in total. The Hall–Kier alpha value is -1.97. The van der Waals surface area contributed by atoms with Gasteiger partial charge in [0.15, 0.2) is 5.82 Å². The summed E-state index contributed by atoms with van der Waals surface area (Å²) in [5.74, 6) is 0.450. The van der Waals surface area contributed by atoms with E-state index in [0.717, 1.165) is 18.7 Å². The van der Waals surface area contributed by atoms with E-state index < -0.39 is 0 Å². The van der Waals surface area contributed by atoms with Gasteiger partial charge in [-0.05, 0) is 25.5 Å². The van der Waals surface area contributed by atoms with Gasteiger partial charge in [-0.2, -0.15) is 0 Å². The van der Waals surface area contributed by atoms with Crippen LogP contribution in [0.1, 0.15) is 35.2 Å². The van der Waals surface area contributed by atoms with E-state index in [0.29, 0.717) is 11.4 Å². The minimum atomic E-state index is -0.0473. The predicted molar refractivity (Wildman–Crippen MR) is 64.9 cm³/mol. The SMILES string of the molecule is CCCn1ccnc1C(=O)c1ccnc(C)c1. The van der Waals surface area contributed by atoms with Crippen LogP contribution in [0.5, 0.6) is 0 Å². The number of aromatic nitrogens is 3. The first kappa shape index (κ1) is 11.5. The summed E-state index contributed by atoms with van der Waals surface area (Å²) in [6.07, 6.45) is 6.13. The maximum atomic E-state index is 12.2. The molecule has 0 saturated heterocycles. The van der Waals surface area contributed by atoms with Crippen LogP contribution in [0.3, 0.4) is 0 Å². The molecule has 2 aromatic rings. The number of ketones is 1. The summed E-state index contributed by atoms with van der Waals surface area (Å²) >= 11 is 0.